The lowest BCUT2D eigenvalue weighted by Gasteiger charge is -2.29. The zero-order valence-electron chi connectivity index (χ0n) is 12.2. The number of rotatable bonds is 5. The Hall–Kier alpha value is -1.89. The van der Waals surface area contributed by atoms with Crippen molar-refractivity contribution in [3.8, 4) is 0 Å². The second kappa shape index (κ2) is 6.71. The molecule has 7 heteroatoms. The van der Waals surface area contributed by atoms with Crippen molar-refractivity contribution in [3.05, 3.63) is 27.9 Å². The van der Waals surface area contributed by atoms with Crippen LogP contribution >= 0.6 is 0 Å². The van der Waals surface area contributed by atoms with E-state index in [9.17, 15) is 14.9 Å². The zero-order chi connectivity index (χ0) is 15.4. The van der Waals surface area contributed by atoms with Gasteiger partial charge in [-0.05, 0) is 29.7 Å². The summed E-state index contributed by atoms with van der Waals surface area (Å²) in [6, 6.07) is 2.75. The zero-order valence-corrected chi connectivity index (χ0v) is 12.2. The molecule has 1 heterocycles. The minimum Gasteiger partial charge on any atom is -0.358 e. The van der Waals surface area contributed by atoms with Crippen LogP contribution < -0.4 is 11.1 Å². The number of nitro groups is 1. The molecule has 1 aliphatic rings. The van der Waals surface area contributed by atoms with E-state index in [4.69, 9.17) is 5.73 Å². The van der Waals surface area contributed by atoms with Crippen LogP contribution in [0, 0.1) is 16.0 Å². The van der Waals surface area contributed by atoms with E-state index < -0.39 is 4.92 Å². The number of nitrogens with zero attached hydrogens (tertiary/aromatic N) is 2. The summed E-state index contributed by atoms with van der Waals surface area (Å²) in [4.78, 5) is 22.6. The standard InChI is InChI=1S/C14H22N4O3/c1-17-12(7-8-13(17)18(20)21)14(19)16-11(9-15)10-5-3-2-4-6-10/h7-8,10-11H,2-6,9,15H2,1H3,(H,16,19). The molecule has 0 spiro atoms. The van der Waals surface area contributed by atoms with Crippen LogP contribution in [0.1, 0.15) is 42.6 Å². The average Bonchev–Trinajstić information content (AvgIpc) is 2.87. The Morgan fingerprint density at radius 1 is 1.48 bits per heavy atom. The fraction of sp³-hybridized carbons (Fsp3) is 0.643. The van der Waals surface area contributed by atoms with E-state index in [1.807, 2.05) is 0 Å². The molecule has 0 bridgehead atoms. The van der Waals surface area contributed by atoms with E-state index >= 15 is 0 Å². The van der Waals surface area contributed by atoms with Crippen LogP contribution in [0.15, 0.2) is 12.1 Å². The molecule has 1 aromatic heterocycles. The topological polar surface area (TPSA) is 103 Å². The summed E-state index contributed by atoms with van der Waals surface area (Å²) in [7, 11) is 1.52. The minimum absolute atomic E-state index is 0.0632. The van der Waals surface area contributed by atoms with Crippen LogP contribution in [-0.4, -0.2) is 28.0 Å². The van der Waals surface area contributed by atoms with Gasteiger partial charge in [0.1, 0.15) is 0 Å². The summed E-state index contributed by atoms with van der Waals surface area (Å²) in [6.45, 7) is 0.392. The van der Waals surface area contributed by atoms with Gasteiger partial charge in [-0.3, -0.25) is 4.79 Å². The van der Waals surface area contributed by atoms with Crippen molar-refractivity contribution >= 4 is 11.7 Å². The first-order chi connectivity index (χ1) is 10.0. The second-order valence-corrected chi connectivity index (χ2v) is 5.61. The van der Waals surface area contributed by atoms with E-state index in [-0.39, 0.29) is 23.5 Å². The van der Waals surface area contributed by atoms with Gasteiger partial charge >= 0.3 is 5.82 Å². The first-order valence-electron chi connectivity index (χ1n) is 7.35. The molecule has 1 fully saturated rings. The molecule has 116 valence electrons. The first kappa shape index (κ1) is 15.5. The SMILES string of the molecule is Cn1c(C(=O)NC(CN)C2CCCCC2)ccc1[N+](=O)[O-]. The van der Waals surface area contributed by atoms with Crippen LogP contribution in [0.5, 0.6) is 0 Å². The third-order valence-electron chi connectivity index (χ3n) is 4.30. The summed E-state index contributed by atoms with van der Waals surface area (Å²) in [5, 5.41) is 13.8. The molecule has 2 rings (SSSR count). The second-order valence-electron chi connectivity index (χ2n) is 5.61. The number of nitrogens with two attached hydrogens (primary N) is 1. The van der Waals surface area contributed by atoms with Crippen LogP contribution in [0.3, 0.4) is 0 Å². The lowest BCUT2D eigenvalue weighted by Crippen LogP contribution is -2.46. The Balaban J connectivity index is 2.07. The molecule has 1 aromatic rings. The van der Waals surface area contributed by atoms with Gasteiger partial charge in [0.25, 0.3) is 5.91 Å². The molecule has 0 aromatic carbocycles. The van der Waals surface area contributed by atoms with E-state index in [1.54, 1.807) is 0 Å². The van der Waals surface area contributed by atoms with Gasteiger partial charge in [-0.1, -0.05) is 19.3 Å². The quantitative estimate of drug-likeness (QED) is 0.635. The predicted octanol–water partition coefficient (Wildman–Crippen LogP) is 1.57. The van der Waals surface area contributed by atoms with Crippen molar-refractivity contribution in [2.75, 3.05) is 6.54 Å². The molecule has 21 heavy (non-hydrogen) atoms. The fourth-order valence-electron chi connectivity index (χ4n) is 3.06. The summed E-state index contributed by atoms with van der Waals surface area (Å²) < 4.78 is 1.30. The van der Waals surface area contributed by atoms with Crippen LogP contribution in [0.2, 0.25) is 0 Å². The lowest BCUT2D eigenvalue weighted by atomic mass is 9.84. The van der Waals surface area contributed by atoms with Crippen molar-refractivity contribution in [1.29, 1.82) is 0 Å². The largest absolute Gasteiger partial charge is 0.358 e. The molecule has 1 amide bonds. The highest BCUT2D eigenvalue weighted by Gasteiger charge is 2.27. The van der Waals surface area contributed by atoms with Gasteiger partial charge in [0.05, 0.1) is 7.05 Å². The van der Waals surface area contributed by atoms with Crippen molar-refractivity contribution < 1.29 is 9.72 Å². The Morgan fingerprint density at radius 2 is 2.14 bits per heavy atom. The number of carbonyl (C=O) groups is 1. The highest BCUT2D eigenvalue weighted by molar-refractivity contribution is 5.93. The molecule has 1 aliphatic carbocycles. The first-order valence-corrected chi connectivity index (χ1v) is 7.35. The Labute approximate surface area is 123 Å². The number of carbonyl (C=O) groups excluding carboxylic acids is 1. The number of aromatic nitrogens is 1. The van der Waals surface area contributed by atoms with Crippen LogP contribution in [-0.2, 0) is 7.05 Å². The monoisotopic (exact) mass is 294 g/mol. The molecule has 1 atom stereocenters. The smallest absolute Gasteiger partial charge is 0.323 e. The molecule has 1 unspecified atom stereocenters. The molecule has 1 saturated carbocycles. The summed E-state index contributed by atoms with van der Waals surface area (Å²) in [6.07, 6.45) is 5.75. The maximum absolute atomic E-state index is 12.3. The molecule has 7 nitrogen and oxygen atoms in total. The highest BCUT2D eigenvalue weighted by Crippen LogP contribution is 2.26. The summed E-state index contributed by atoms with van der Waals surface area (Å²) in [5.74, 6) is 0.0108. The van der Waals surface area contributed by atoms with Crippen LogP contribution in [0.4, 0.5) is 5.82 Å². The predicted molar refractivity (Wildman–Crippen MR) is 79.0 cm³/mol. The number of nitrogens with one attached hydrogen (secondary N) is 1. The molecule has 0 aliphatic heterocycles. The number of hydrogen-bond acceptors (Lipinski definition) is 4. The van der Waals surface area contributed by atoms with E-state index in [0.29, 0.717) is 12.5 Å². The lowest BCUT2D eigenvalue weighted by molar-refractivity contribution is -0.391. The molecule has 3 N–H and O–H groups in total. The van der Waals surface area contributed by atoms with Gasteiger partial charge in [0.15, 0.2) is 5.69 Å². The highest BCUT2D eigenvalue weighted by atomic mass is 16.6. The van der Waals surface area contributed by atoms with E-state index in [0.717, 1.165) is 12.8 Å². The number of hydrogen-bond donors (Lipinski definition) is 2. The molecular formula is C14H22N4O3. The number of amides is 1. The normalized spacial score (nSPS) is 17.4. The van der Waals surface area contributed by atoms with Crippen molar-refractivity contribution in [3.63, 3.8) is 0 Å². The molecular weight excluding hydrogens is 272 g/mol. The van der Waals surface area contributed by atoms with Gasteiger partial charge in [-0.15, -0.1) is 0 Å². The van der Waals surface area contributed by atoms with Gasteiger partial charge in [0.2, 0.25) is 0 Å². The maximum Gasteiger partial charge on any atom is 0.323 e. The maximum atomic E-state index is 12.3. The van der Waals surface area contributed by atoms with Gasteiger partial charge in [-0.25, -0.2) is 4.57 Å². The molecule has 0 radical (unpaired) electrons. The summed E-state index contributed by atoms with van der Waals surface area (Å²) in [5.41, 5.74) is 6.08. The van der Waals surface area contributed by atoms with Crippen LogP contribution in [0.25, 0.3) is 0 Å². The summed E-state index contributed by atoms with van der Waals surface area (Å²) >= 11 is 0. The van der Waals surface area contributed by atoms with Crippen molar-refractivity contribution in [1.82, 2.24) is 9.88 Å². The van der Waals surface area contributed by atoms with E-state index in [1.165, 1.54) is 43.0 Å². The molecule has 0 saturated heterocycles. The minimum atomic E-state index is -0.502. The third kappa shape index (κ3) is 3.41. The van der Waals surface area contributed by atoms with Gasteiger partial charge < -0.3 is 21.2 Å². The Bertz CT molecular complexity index is 520. The van der Waals surface area contributed by atoms with Gasteiger partial charge in [-0.2, -0.15) is 0 Å². The Morgan fingerprint density at radius 3 is 2.67 bits per heavy atom. The average molecular weight is 294 g/mol. The Kier molecular flexibility index (Phi) is 4.95. The fourth-order valence-corrected chi connectivity index (χ4v) is 3.06. The van der Waals surface area contributed by atoms with E-state index in [2.05, 4.69) is 5.32 Å². The third-order valence-corrected chi connectivity index (χ3v) is 4.30. The van der Waals surface area contributed by atoms with Gasteiger partial charge in [0, 0.05) is 18.7 Å². The van der Waals surface area contributed by atoms with Crippen molar-refractivity contribution in [2.24, 2.45) is 18.7 Å². The van der Waals surface area contributed by atoms with Crippen molar-refractivity contribution in [2.45, 2.75) is 38.1 Å².